The third-order valence-electron chi connectivity index (χ3n) is 3.37. The summed E-state index contributed by atoms with van der Waals surface area (Å²) in [5.41, 5.74) is 0. The highest BCUT2D eigenvalue weighted by molar-refractivity contribution is 7.94. The number of carbonyl (C=O) groups excluding carboxylic acids is 2. The number of esters is 1. The quantitative estimate of drug-likeness (QED) is 0.516. The molecule has 13 nitrogen and oxygen atoms in total. The zero-order valence-corrected chi connectivity index (χ0v) is 17.6. The van der Waals surface area contributed by atoms with Crippen LogP contribution in [-0.2, 0) is 29.4 Å². The Balaban J connectivity index is 2.31. The van der Waals surface area contributed by atoms with Crippen molar-refractivity contribution in [2.45, 2.75) is 16.7 Å². The number of aryl methyl sites for hydroxylation is 1. The van der Waals surface area contributed by atoms with Crippen molar-refractivity contribution in [3.8, 4) is 6.01 Å². The number of hydrogen-bond donors (Lipinski definition) is 2. The molecule has 2 rings (SSSR count). The minimum atomic E-state index is -4.66. The van der Waals surface area contributed by atoms with Crippen LogP contribution in [0.1, 0.15) is 5.82 Å². The Labute approximate surface area is 171 Å². The van der Waals surface area contributed by atoms with Crippen LogP contribution < -0.4 is 14.8 Å². The number of nitrogens with one attached hydrogen (secondary N) is 2. The van der Waals surface area contributed by atoms with E-state index in [1.165, 1.54) is 26.2 Å². The molecule has 0 saturated carbocycles. The summed E-state index contributed by atoms with van der Waals surface area (Å²) in [5.74, 6) is -2.25. The van der Waals surface area contributed by atoms with Crippen LogP contribution in [0.4, 0.5) is 10.7 Å². The summed E-state index contributed by atoms with van der Waals surface area (Å²) in [6.45, 7) is 1.49. The third-order valence-corrected chi connectivity index (χ3v) is 6.53. The number of sulfonamides is 1. The molecule has 0 unspecified atom stereocenters. The lowest BCUT2D eigenvalue weighted by Crippen LogP contribution is -2.36. The Morgan fingerprint density at radius 2 is 1.63 bits per heavy atom. The molecule has 0 saturated heterocycles. The van der Waals surface area contributed by atoms with Crippen molar-refractivity contribution in [2.75, 3.05) is 25.3 Å². The van der Waals surface area contributed by atoms with Gasteiger partial charge in [-0.05, 0) is 19.1 Å². The number of anilines is 1. The Morgan fingerprint density at radius 3 is 2.23 bits per heavy atom. The predicted molar refractivity (Wildman–Crippen MR) is 101 cm³/mol. The van der Waals surface area contributed by atoms with Crippen molar-refractivity contribution in [3.63, 3.8) is 0 Å². The van der Waals surface area contributed by atoms with Gasteiger partial charge >= 0.3 is 18.0 Å². The molecular formula is C15H17N5O8S2. The molecule has 0 aliphatic carbocycles. The van der Waals surface area contributed by atoms with Gasteiger partial charge < -0.3 is 9.47 Å². The van der Waals surface area contributed by atoms with E-state index in [0.29, 0.717) is 0 Å². The Kier molecular flexibility index (Phi) is 6.88. The maximum atomic E-state index is 12.6. The van der Waals surface area contributed by atoms with Crippen LogP contribution in [0.5, 0.6) is 6.01 Å². The average Bonchev–Trinajstić information content (AvgIpc) is 2.66. The minimum Gasteiger partial charge on any atom is -0.468 e. The molecule has 2 amide bonds. The average molecular weight is 459 g/mol. The van der Waals surface area contributed by atoms with Crippen molar-refractivity contribution < 1.29 is 35.9 Å². The van der Waals surface area contributed by atoms with Gasteiger partial charge in [-0.15, -0.1) is 0 Å². The Bertz CT molecular complexity index is 1180. The maximum absolute atomic E-state index is 12.6. The molecule has 15 heteroatoms. The van der Waals surface area contributed by atoms with Crippen molar-refractivity contribution >= 4 is 37.8 Å². The van der Waals surface area contributed by atoms with Crippen LogP contribution in [0.2, 0.25) is 0 Å². The fourth-order valence-electron chi connectivity index (χ4n) is 2.13. The zero-order valence-electron chi connectivity index (χ0n) is 15.9. The topological polar surface area (TPSA) is 184 Å². The number of methoxy groups -OCH3 is 2. The van der Waals surface area contributed by atoms with E-state index in [0.717, 1.165) is 19.2 Å². The van der Waals surface area contributed by atoms with E-state index in [4.69, 9.17) is 4.74 Å². The summed E-state index contributed by atoms with van der Waals surface area (Å²) in [4.78, 5) is 33.4. The van der Waals surface area contributed by atoms with Gasteiger partial charge in [0.05, 0.1) is 19.1 Å². The minimum absolute atomic E-state index is 0.111. The lowest BCUT2D eigenvalue weighted by Gasteiger charge is -2.12. The number of amides is 2. The smallest absolute Gasteiger partial charge is 0.335 e. The van der Waals surface area contributed by atoms with Gasteiger partial charge in [-0.1, -0.05) is 12.1 Å². The highest BCUT2D eigenvalue weighted by atomic mass is 32.2. The number of carbonyl (C=O) groups is 2. The van der Waals surface area contributed by atoms with Gasteiger partial charge in [0, 0.05) is 0 Å². The molecule has 162 valence electrons. The van der Waals surface area contributed by atoms with E-state index in [1.54, 1.807) is 4.72 Å². The number of ether oxygens (including phenoxy) is 2. The zero-order chi connectivity index (χ0) is 22.5. The number of nitrogens with zero attached hydrogens (tertiary/aromatic N) is 3. The summed E-state index contributed by atoms with van der Waals surface area (Å²) < 4.78 is 60.9. The third kappa shape index (κ3) is 5.60. The first-order valence-corrected chi connectivity index (χ1v) is 11.1. The van der Waals surface area contributed by atoms with Crippen LogP contribution in [0.3, 0.4) is 0 Å². The van der Waals surface area contributed by atoms with Crippen molar-refractivity contribution in [1.29, 1.82) is 0 Å². The summed E-state index contributed by atoms with van der Waals surface area (Å²) >= 11 is 0. The second-order valence-corrected chi connectivity index (χ2v) is 9.14. The predicted octanol–water partition coefficient (Wildman–Crippen LogP) is -0.354. The van der Waals surface area contributed by atoms with Crippen LogP contribution in [0.25, 0.3) is 0 Å². The molecule has 2 aromatic rings. The second kappa shape index (κ2) is 9.00. The molecule has 0 spiro atoms. The van der Waals surface area contributed by atoms with Crippen molar-refractivity contribution in [1.82, 2.24) is 19.7 Å². The molecule has 0 aliphatic rings. The molecule has 30 heavy (non-hydrogen) atoms. The Hall–Kier alpha value is -3.33. The van der Waals surface area contributed by atoms with Crippen LogP contribution in [0.15, 0.2) is 34.1 Å². The van der Waals surface area contributed by atoms with Crippen LogP contribution in [0, 0.1) is 6.92 Å². The summed E-state index contributed by atoms with van der Waals surface area (Å²) in [6, 6.07) is 3.11. The lowest BCUT2D eigenvalue weighted by molar-refractivity contribution is -0.137. The first-order chi connectivity index (χ1) is 14.0. The number of hydrogen-bond acceptors (Lipinski definition) is 11. The fraction of sp³-hybridized carbons (Fsp3) is 0.267. The highest BCUT2D eigenvalue weighted by Crippen LogP contribution is 2.22. The van der Waals surface area contributed by atoms with Gasteiger partial charge in [-0.25, -0.2) is 26.4 Å². The number of rotatable bonds is 7. The molecule has 0 aliphatic heterocycles. The summed E-state index contributed by atoms with van der Waals surface area (Å²) in [6.07, 6.45) is 0. The van der Waals surface area contributed by atoms with Gasteiger partial charge in [-0.2, -0.15) is 15.0 Å². The molecule has 0 radical (unpaired) electrons. The number of aromatic nitrogens is 3. The normalized spacial score (nSPS) is 11.4. The maximum Gasteiger partial charge on any atom is 0.335 e. The van der Waals surface area contributed by atoms with Crippen LogP contribution in [-0.4, -0.2) is 63.8 Å². The van der Waals surface area contributed by atoms with E-state index in [1.807, 2.05) is 0 Å². The molecule has 1 aromatic carbocycles. The highest BCUT2D eigenvalue weighted by Gasteiger charge is 2.29. The lowest BCUT2D eigenvalue weighted by atomic mass is 10.4. The first-order valence-electron chi connectivity index (χ1n) is 7.97. The largest absolute Gasteiger partial charge is 0.468 e. The van der Waals surface area contributed by atoms with E-state index >= 15 is 0 Å². The van der Waals surface area contributed by atoms with Gasteiger partial charge in [0.25, 0.3) is 10.0 Å². The van der Waals surface area contributed by atoms with Gasteiger partial charge in [-0.3, -0.25) is 10.1 Å². The van der Waals surface area contributed by atoms with Gasteiger partial charge in [0.1, 0.15) is 10.7 Å². The van der Waals surface area contributed by atoms with E-state index in [2.05, 4.69) is 25.0 Å². The molecule has 0 bridgehead atoms. The molecule has 0 fully saturated rings. The molecular weight excluding hydrogens is 442 g/mol. The fourth-order valence-corrected chi connectivity index (χ4v) is 5.08. The number of benzene rings is 1. The monoisotopic (exact) mass is 459 g/mol. The van der Waals surface area contributed by atoms with Gasteiger partial charge in [0.15, 0.2) is 15.6 Å². The van der Waals surface area contributed by atoms with E-state index in [9.17, 15) is 26.4 Å². The SMILES string of the molecule is COC(=O)CS(=O)(=O)c1ccccc1S(=O)(=O)NC(=O)Nc1nc(C)nc(OC)n1. The second-order valence-electron chi connectivity index (χ2n) is 5.53. The van der Waals surface area contributed by atoms with Crippen molar-refractivity contribution in [2.24, 2.45) is 0 Å². The van der Waals surface area contributed by atoms with E-state index < -0.39 is 47.4 Å². The van der Waals surface area contributed by atoms with E-state index in [-0.39, 0.29) is 17.8 Å². The summed E-state index contributed by atoms with van der Waals surface area (Å²) in [7, 11) is -6.75. The number of sulfone groups is 1. The molecule has 1 aromatic heterocycles. The Morgan fingerprint density at radius 1 is 1.00 bits per heavy atom. The summed E-state index contributed by atoms with van der Waals surface area (Å²) in [5, 5.41) is 2.09. The standard InChI is InChI=1S/C15H17N5O8S2/c1-9-16-13(19-15(17-9)28-3)18-14(22)20-30(25,26)11-7-5-4-6-10(11)29(23,24)8-12(21)27-2/h4-7H,8H2,1-3H3,(H2,16,17,18,19,20,22). The molecule has 2 N–H and O–H groups in total. The molecule has 0 atom stereocenters. The first kappa shape index (κ1) is 23.0. The van der Waals surface area contributed by atoms with Crippen LogP contribution >= 0.6 is 0 Å². The van der Waals surface area contributed by atoms with Gasteiger partial charge in [0.2, 0.25) is 5.95 Å². The molecule has 1 heterocycles. The number of urea groups is 1. The van der Waals surface area contributed by atoms with Crippen molar-refractivity contribution in [3.05, 3.63) is 30.1 Å².